The molecule has 1 atom stereocenters. The highest BCUT2D eigenvalue weighted by atomic mass is 16.6. The summed E-state index contributed by atoms with van der Waals surface area (Å²) in [5.41, 5.74) is 3.72. The summed E-state index contributed by atoms with van der Waals surface area (Å²) in [5, 5.41) is 14.3. The van der Waals surface area contributed by atoms with Crippen LogP contribution in [0.25, 0.3) is 17.0 Å². The van der Waals surface area contributed by atoms with E-state index in [0.717, 1.165) is 16.7 Å². The monoisotopic (exact) mass is 469 g/mol. The number of hydrogen-bond donors (Lipinski definition) is 1. The number of non-ortho nitro benzene ring substituents is 1. The lowest BCUT2D eigenvalue weighted by Crippen LogP contribution is -2.30. The predicted molar refractivity (Wildman–Crippen MR) is 129 cm³/mol. The molecule has 0 aliphatic carbocycles. The average molecular weight is 469 g/mol. The maximum absolute atomic E-state index is 12.6. The zero-order valence-electron chi connectivity index (χ0n) is 18.6. The van der Waals surface area contributed by atoms with E-state index in [1.807, 2.05) is 18.2 Å². The zero-order valence-corrected chi connectivity index (χ0v) is 18.6. The molecule has 3 aromatic carbocycles. The molecule has 0 fully saturated rings. The number of fused-ring (bicyclic) bond motifs is 2. The number of carbonyl (C=O) groups excluding carboxylic acids is 1. The van der Waals surface area contributed by atoms with Crippen LogP contribution >= 0.6 is 0 Å². The SMILES string of the molecule is Cc1nc2ccc(Cc3ccc4c(c3)C(=O)OC(/C=C/c3ccc([N+](=O)[O-])cc3)N4)cc2c(=O)o1. The van der Waals surface area contributed by atoms with Gasteiger partial charge in [0.1, 0.15) is 0 Å². The molecular formula is C26H19N3O6. The smallest absolute Gasteiger partial charge is 0.346 e. The summed E-state index contributed by atoms with van der Waals surface area (Å²) in [6, 6.07) is 17.0. The van der Waals surface area contributed by atoms with Crippen LogP contribution in [0.4, 0.5) is 11.4 Å². The fourth-order valence-electron chi connectivity index (χ4n) is 3.92. The van der Waals surface area contributed by atoms with E-state index >= 15 is 0 Å². The van der Waals surface area contributed by atoms with Gasteiger partial charge in [-0.3, -0.25) is 10.1 Å². The van der Waals surface area contributed by atoms with Gasteiger partial charge in [0, 0.05) is 19.1 Å². The molecule has 9 nitrogen and oxygen atoms in total. The van der Waals surface area contributed by atoms with Gasteiger partial charge in [-0.25, -0.2) is 14.6 Å². The summed E-state index contributed by atoms with van der Waals surface area (Å²) in [5.74, 6) is -0.144. The number of nitrogens with zero attached hydrogens (tertiary/aromatic N) is 2. The molecule has 5 rings (SSSR count). The van der Waals surface area contributed by atoms with E-state index in [0.29, 0.717) is 34.5 Å². The lowest BCUT2D eigenvalue weighted by molar-refractivity contribution is -0.384. The van der Waals surface area contributed by atoms with Crippen molar-refractivity contribution in [1.82, 2.24) is 4.98 Å². The van der Waals surface area contributed by atoms with Gasteiger partial charge in [0.25, 0.3) is 5.69 Å². The highest BCUT2D eigenvalue weighted by molar-refractivity contribution is 5.97. The fraction of sp³-hybridized carbons (Fsp3) is 0.115. The van der Waals surface area contributed by atoms with Crippen LogP contribution in [0, 0.1) is 17.0 Å². The Labute approximate surface area is 198 Å². The summed E-state index contributed by atoms with van der Waals surface area (Å²) in [6.45, 7) is 1.63. The number of aromatic nitrogens is 1. The molecule has 0 radical (unpaired) electrons. The Kier molecular flexibility index (Phi) is 5.58. The van der Waals surface area contributed by atoms with Crippen LogP contribution in [-0.4, -0.2) is 22.1 Å². The predicted octanol–water partition coefficient (Wildman–Crippen LogP) is 4.62. The van der Waals surface area contributed by atoms with Crippen molar-refractivity contribution in [3.63, 3.8) is 0 Å². The summed E-state index contributed by atoms with van der Waals surface area (Å²) in [7, 11) is 0. The first-order valence-electron chi connectivity index (χ1n) is 10.8. The van der Waals surface area contributed by atoms with Crippen LogP contribution in [0.2, 0.25) is 0 Å². The maximum Gasteiger partial charge on any atom is 0.346 e. The number of carbonyl (C=O) groups is 1. The number of nitro benzene ring substituents is 1. The van der Waals surface area contributed by atoms with E-state index in [2.05, 4.69) is 10.3 Å². The van der Waals surface area contributed by atoms with Crippen LogP contribution < -0.4 is 10.9 Å². The summed E-state index contributed by atoms with van der Waals surface area (Å²) in [6.07, 6.45) is 3.23. The Morgan fingerprint density at radius 2 is 1.80 bits per heavy atom. The van der Waals surface area contributed by atoms with Crippen LogP contribution in [0.1, 0.15) is 32.9 Å². The third kappa shape index (κ3) is 4.65. The number of nitrogens with one attached hydrogen (secondary N) is 1. The van der Waals surface area contributed by atoms with Gasteiger partial charge in [0.05, 0.1) is 27.1 Å². The molecule has 0 saturated heterocycles. The second-order valence-electron chi connectivity index (χ2n) is 8.11. The molecule has 1 N–H and O–H groups in total. The lowest BCUT2D eigenvalue weighted by Gasteiger charge is -2.25. The molecule has 0 saturated carbocycles. The number of anilines is 1. The van der Waals surface area contributed by atoms with Crippen molar-refractivity contribution < 1.29 is 18.9 Å². The second-order valence-corrected chi connectivity index (χ2v) is 8.11. The first-order chi connectivity index (χ1) is 16.9. The highest BCUT2D eigenvalue weighted by Gasteiger charge is 2.24. The minimum atomic E-state index is -0.674. The third-order valence-corrected chi connectivity index (χ3v) is 5.61. The Morgan fingerprint density at radius 1 is 1.06 bits per heavy atom. The first-order valence-corrected chi connectivity index (χ1v) is 10.8. The Morgan fingerprint density at radius 3 is 2.57 bits per heavy atom. The summed E-state index contributed by atoms with van der Waals surface area (Å²) in [4.78, 5) is 39.3. The molecule has 0 bridgehead atoms. The number of cyclic esters (lactones) is 1. The van der Waals surface area contributed by atoms with Crippen LogP contribution in [0.15, 0.2) is 76.0 Å². The molecule has 174 valence electrons. The van der Waals surface area contributed by atoms with Crippen molar-refractivity contribution in [3.05, 3.63) is 115 Å². The van der Waals surface area contributed by atoms with E-state index < -0.39 is 22.7 Å². The second kappa shape index (κ2) is 8.86. The minimum Gasteiger partial charge on any atom is -0.434 e. The molecule has 9 heteroatoms. The van der Waals surface area contributed by atoms with Gasteiger partial charge in [-0.1, -0.05) is 18.2 Å². The van der Waals surface area contributed by atoms with Crippen molar-refractivity contribution in [3.8, 4) is 0 Å². The fourth-order valence-corrected chi connectivity index (χ4v) is 3.92. The highest BCUT2D eigenvalue weighted by Crippen LogP contribution is 2.27. The van der Waals surface area contributed by atoms with Gasteiger partial charge in [-0.15, -0.1) is 0 Å². The van der Waals surface area contributed by atoms with Gasteiger partial charge in [0.2, 0.25) is 0 Å². The van der Waals surface area contributed by atoms with Crippen molar-refractivity contribution in [2.75, 3.05) is 5.32 Å². The first kappa shape index (κ1) is 22.0. The van der Waals surface area contributed by atoms with E-state index in [9.17, 15) is 19.7 Å². The van der Waals surface area contributed by atoms with Crippen molar-refractivity contribution >= 4 is 34.3 Å². The molecule has 0 amide bonds. The van der Waals surface area contributed by atoms with Gasteiger partial charge in [0.15, 0.2) is 12.1 Å². The maximum atomic E-state index is 12.6. The average Bonchev–Trinajstić information content (AvgIpc) is 2.84. The number of hydrogen-bond acceptors (Lipinski definition) is 8. The van der Waals surface area contributed by atoms with E-state index in [1.165, 1.54) is 12.1 Å². The molecule has 1 unspecified atom stereocenters. The zero-order chi connectivity index (χ0) is 24.5. The third-order valence-electron chi connectivity index (χ3n) is 5.61. The quantitative estimate of drug-likeness (QED) is 0.255. The number of benzene rings is 3. The minimum absolute atomic E-state index is 0.00743. The molecule has 2 heterocycles. The van der Waals surface area contributed by atoms with Crippen molar-refractivity contribution in [1.29, 1.82) is 0 Å². The van der Waals surface area contributed by atoms with Crippen LogP contribution in [0.3, 0.4) is 0 Å². The molecular weight excluding hydrogens is 450 g/mol. The largest absolute Gasteiger partial charge is 0.434 e. The standard InChI is InChI=1S/C26H19N3O6/c1-15-27-22-9-4-17(13-20(22)25(30)34-15)12-18-5-10-23-21(14-18)26(31)35-24(28-23)11-6-16-2-7-19(8-3-16)29(32)33/h2-11,13-14,24,28H,12H2,1H3/b11-6+. The molecule has 4 aromatic rings. The van der Waals surface area contributed by atoms with E-state index in [4.69, 9.17) is 9.15 Å². The Bertz CT molecular complexity index is 1560. The summed E-state index contributed by atoms with van der Waals surface area (Å²) < 4.78 is 10.6. The molecule has 1 aromatic heterocycles. The molecule has 1 aliphatic rings. The van der Waals surface area contributed by atoms with Crippen LogP contribution in [0.5, 0.6) is 0 Å². The van der Waals surface area contributed by atoms with Gasteiger partial charge in [-0.05, 0) is 65.6 Å². The van der Waals surface area contributed by atoms with Gasteiger partial charge < -0.3 is 14.5 Å². The molecule has 35 heavy (non-hydrogen) atoms. The topological polar surface area (TPSA) is 125 Å². The lowest BCUT2D eigenvalue weighted by atomic mass is 10.00. The number of rotatable bonds is 5. The Hall–Kier alpha value is -4.79. The van der Waals surface area contributed by atoms with Crippen molar-refractivity contribution in [2.45, 2.75) is 19.6 Å². The Balaban J connectivity index is 1.32. The van der Waals surface area contributed by atoms with E-state index in [-0.39, 0.29) is 5.69 Å². The number of esters is 1. The van der Waals surface area contributed by atoms with Crippen molar-refractivity contribution in [2.24, 2.45) is 0 Å². The van der Waals surface area contributed by atoms with E-state index in [1.54, 1.807) is 49.4 Å². The normalized spacial score (nSPS) is 15.0. The van der Waals surface area contributed by atoms with Gasteiger partial charge >= 0.3 is 11.6 Å². The van der Waals surface area contributed by atoms with Gasteiger partial charge in [-0.2, -0.15) is 0 Å². The molecule has 0 spiro atoms. The molecule has 1 aliphatic heterocycles. The number of aryl methyl sites for hydroxylation is 1. The number of ether oxygens (including phenoxy) is 1. The van der Waals surface area contributed by atoms with Crippen LogP contribution in [-0.2, 0) is 11.2 Å². The summed E-state index contributed by atoms with van der Waals surface area (Å²) >= 11 is 0. The number of nitro groups is 1.